The molecule has 1 aromatic carbocycles. The molecule has 24 heavy (non-hydrogen) atoms. The van der Waals surface area contributed by atoms with E-state index in [-0.39, 0.29) is 11.7 Å². The molecule has 0 aliphatic carbocycles. The Hall–Kier alpha value is -2.54. The van der Waals surface area contributed by atoms with E-state index in [1.165, 1.54) is 23.5 Å². The van der Waals surface area contributed by atoms with E-state index < -0.39 is 0 Å². The first-order valence-corrected chi connectivity index (χ1v) is 8.50. The fourth-order valence-corrected chi connectivity index (χ4v) is 3.09. The standard InChI is InChI=1S/C17H17FN4OS/c1-3-4-15(23)20-17-19-14(10-24-17)13-9-22(2)21-16(13)11-5-7-12(18)8-6-11/h5-10H,3-4H2,1-2H3,(H,19,20,23). The summed E-state index contributed by atoms with van der Waals surface area (Å²) in [5, 5.41) is 9.70. The van der Waals surface area contributed by atoms with Gasteiger partial charge in [0, 0.05) is 36.2 Å². The number of hydrogen-bond donors (Lipinski definition) is 1. The molecule has 3 rings (SSSR count). The highest BCUT2D eigenvalue weighted by Crippen LogP contribution is 2.32. The van der Waals surface area contributed by atoms with Crippen LogP contribution in [0.5, 0.6) is 0 Å². The number of amides is 1. The van der Waals surface area contributed by atoms with E-state index >= 15 is 0 Å². The normalized spacial score (nSPS) is 10.8. The summed E-state index contributed by atoms with van der Waals surface area (Å²) in [5.41, 5.74) is 3.13. The van der Waals surface area contributed by atoms with Crippen molar-refractivity contribution in [3.63, 3.8) is 0 Å². The molecule has 0 unspecified atom stereocenters. The summed E-state index contributed by atoms with van der Waals surface area (Å²) in [6.07, 6.45) is 3.13. The Balaban J connectivity index is 1.91. The van der Waals surface area contributed by atoms with E-state index in [9.17, 15) is 9.18 Å². The van der Waals surface area contributed by atoms with Crippen molar-refractivity contribution in [1.82, 2.24) is 14.8 Å². The van der Waals surface area contributed by atoms with Crippen molar-refractivity contribution in [2.75, 3.05) is 5.32 Å². The summed E-state index contributed by atoms with van der Waals surface area (Å²) in [7, 11) is 1.83. The molecule has 0 fully saturated rings. The maximum atomic E-state index is 13.1. The van der Waals surface area contributed by atoms with E-state index in [1.54, 1.807) is 16.8 Å². The smallest absolute Gasteiger partial charge is 0.226 e. The van der Waals surface area contributed by atoms with E-state index in [4.69, 9.17) is 0 Å². The average Bonchev–Trinajstić information content (AvgIpc) is 3.15. The lowest BCUT2D eigenvalue weighted by Crippen LogP contribution is -2.10. The van der Waals surface area contributed by atoms with Crippen molar-refractivity contribution >= 4 is 22.4 Å². The van der Waals surface area contributed by atoms with Gasteiger partial charge in [-0.1, -0.05) is 6.92 Å². The highest BCUT2D eigenvalue weighted by molar-refractivity contribution is 7.14. The molecule has 0 aliphatic heterocycles. The maximum Gasteiger partial charge on any atom is 0.226 e. The second-order valence-electron chi connectivity index (χ2n) is 5.41. The van der Waals surface area contributed by atoms with Gasteiger partial charge in [-0.15, -0.1) is 11.3 Å². The molecule has 2 aromatic heterocycles. The van der Waals surface area contributed by atoms with Gasteiger partial charge in [0.05, 0.1) is 5.69 Å². The molecule has 3 aromatic rings. The van der Waals surface area contributed by atoms with E-state index in [2.05, 4.69) is 15.4 Å². The van der Waals surface area contributed by atoms with E-state index in [1.807, 2.05) is 25.5 Å². The third kappa shape index (κ3) is 3.51. The predicted molar refractivity (Wildman–Crippen MR) is 93.2 cm³/mol. The summed E-state index contributed by atoms with van der Waals surface area (Å²) in [5.74, 6) is -0.325. The number of hydrogen-bond acceptors (Lipinski definition) is 4. The quantitative estimate of drug-likeness (QED) is 0.758. The molecule has 0 aliphatic rings. The van der Waals surface area contributed by atoms with Gasteiger partial charge in [-0.05, 0) is 30.7 Å². The Bertz CT molecular complexity index is 854. The number of benzene rings is 1. The summed E-state index contributed by atoms with van der Waals surface area (Å²) in [6.45, 7) is 1.96. The highest BCUT2D eigenvalue weighted by atomic mass is 32.1. The first kappa shape index (κ1) is 16.3. The minimum Gasteiger partial charge on any atom is -0.302 e. The Morgan fingerprint density at radius 2 is 2.08 bits per heavy atom. The SMILES string of the molecule is CCCC(=O)Nc1nc(-c2cn(C)nc2-c2ccc(F)cc2)cs1. The molecule has 0 bridgehead atoms. The summed E-state index contributed by atoms with van der Waals surface area (Å²) in [6, 6.07) is 6.20. The van der Waals surface area contributed by atoms with Crippen molar-refractivity contribution < 1.29 is 9.18 Å². The molecule has 7 heteroatoms. The lowest BCUT2D eigenvalue weighted by Gasteiger charge is -2.01. The summed E-state index contributed by atoms with van der Waals surface area (Å²) >= 11 is 1.37. The number of carbonyl (C=O) groups is 1. The summed E-state index contributed by atoms with van der Waals surface area (Å²) in [4.78, 5) is 16.2. The van der Waals surface area contributed by atoms with Crippen LogP contribution >= 0.6 is 11.3 Å². The van der Waals surface area contributed by atoms with Gasteiger partial charge in [0.2, 0.25) is 5.91 Å². The molecule has 0 radical (unpaired) electrons. The second kappa shape index (κ2) is 6.92. The van der Waals surface area contributed by atoms with Crippen LogP contribution in [0, 0.1) is 5.82 Å². The molecular weight excluding hydrogens is 327 g/mol. The van der Waals surface area contributed by atoms with Gasteiger partial charge >= 0.3 is 0 Å². The number of nitrogens with zero attached hydrogens (tertiary/aromatic N) is 3. The zero-order chi connectivity index (χ0) is 17.1. The molecule has 0 saturated carbocycles. The van der Waals surface area contributed by atoms with Crippen LogP contribution in [0.1, 0.15) is 19.8 Å². The zero-order valence-electron chi connectivity index (χ0n) is 13.4. The van der Waals surface area contributed by atoms with Crippen molar-refractivity contribution in [1.29, 1.82) is 0 Å². The number of aromatic nitrogens is 3. The average molecular weight is 344 g/mol. The van der Waals surface area contributed by atoms with Gasteiger partial charge in [0.25, 0.3) is 0 Å². The van der Waals surface area contributed by atoms with Gasteiger partial charge < -0.3 is 5.32 Å². The predicted octanol–water partition coefficient (Wildman–Crippen LogP) is 4.09. The van der Waals surface area contributed by atoms with Crippen molar-refractivity contribution in [3.05, 3.63) is 41.7 Å². The lowest BCUT2D eigenvalue weighted by atomic mass is 10.1. The van der Waals surface area contributed by atoms with Crippen LogP contribution in [0.4, 0.5) is 9.52 Å². The number of aryl methyl sites for hydroxylation is 1. The van der Waals surface area contributed by atoms with Gasteiger partial charge in [-0.25, -0.2) is 9.37 Å². The Labute approximate surface area is 143 Å². The molecule has 0 saturated heterocycles. The number of carbonyl (C=O) groups excluding carboxylic acids is 1. The van der Waals surface area contributed by atoms with Gasteiger partial charge in [0.15, 0.2) is 5.13 Å². The van der Waals surface area contributed by atoms with E-state index in [0.717, 1.165) is 28.9 Å². The minimum atomic E-state index is -0.286. The van der Waals surface area contributed by atoms with Crippen molar-refractivity contribution in [2.45, 2.75) is 19.8 Å². The number of rotatable bonds is 5. The van der Waals surface area contributed by atoms with Gasteiger partial charge in [-0.2, -0.15) is 5.10 Å². The lowest BCUT2D eigenvalue weighted by molar-refractivity contribution is -0.116. The topological polar surface area (TPSA) is 59.8 Å². The maximum absolute atomic E-state index is 13.1. The van der Waals surface area contributed by atoms with Gasteiger partial charge in [0.1, 0.15) is 11.5 Å². The van der Waals surface area contributed by atoms with Crippen LogP contribution in [-0.2, 0) is 11.8 Å². The molecular formula is C17H17FN4OS. The third-order valence-corrected chi connectivity index (χ3v) is 4.21. The van der Waals surface area contributed by atoms with Gasteiger partial charge in [-0.3, -0.25) is 9.48 Å². The summed E-state index contributed by atoms with van der Waals surface area (Å²) < 4.78 is 14.8. The fraction of sp³-hybridized carbons (Fsp3) is 0.235. The first-order chi connectivity index (χ1) is 11.6. The largest absolute Gasteiger partial charge is 0.302 e. The zero-order valence-corrected chi connectivity index (χ0v) is 14.2. The monoisotopic (exact) mass is 344 g/mol. The Kier molecular flexibility index (Phi) is 4.71. The van der Waals surface area contributed by atoms with E-state index in [0.29, 0.717) is 11.6 Å². The molecule has 2 heterocycles. The Morgan fingerprint density at radius 1 is 1.33 bits per heavy atom. The molecule has 5 nitrogen and oxygen atoms in total. The first-order valence-electron chi connectivity index (χ1n) is 7.62. The number of thiazole rings is 1. The van der Waals surface area contributed by atoms with Crippen LogP contribution in [-0.4, -0.2) is 20.7 Å². The number of halogens is 1. The van der Waals surface area contributed by atoms with Crippen molar-refractivity contribution in [2.24, 2.45) is 7.05 Å². The van der Waals surface area contributed by atoms with Crippen LogP contribution < -0.4 is 5.32 Å². The minimum absolute atomic E-state index is 0.0386. The van der Waals surface area contributed by atoms with Crippen LogP contribution in [0.15, 0.2) is 35.8 Å². The van der Waals surface area contributed by atoms with Crippen LogP contribution in [0.25, 0.3) is 22.5 Å². The third-order valence-electron chi connectivity index (χ3n) is 3.45. The molecule has 124 valence electrons. The van der Waals surface area contributed by atoms with Crippen LogP contribution in [0.2, 0.25) is 0 Å². The van der Waals surface area contributed by atoms with Crippen LogP contribution in [0.3, 0.4) is 0 Å². The Morgan fingerprint density at radius 3 is 2.79 bits per heavy atom. The highest BCUT2D eigenvalue weighted by Gasteiger charge is 2.15. The fourth-order valence-electron chi connectivity index (χ4n) is 2.36. The number of anilines is 1. The second-order valence-corrected chi connectivity index (χ2v) is 6.27. The molecule has 1 N–H and O–H groups in total. The molecule has 1 amide bonds. The molecule has 0 atom stereocenters. The number of nitrogens with one attached hydrogen (secondary N) is 1. The molecule has 0 spiro atoms. The van der Waals surface area contributed by atoms with Crippen molar-refractivity contribution in [3.8, 4) is 22.5 Å².